The number of nitrogens with zero attached hydrogens (tertiary/aromatic N) is 1. The Bertz CT molecular complexity index is 221. The molecule has 1 nitrogen and oxygen atoms in total. The average molecular weight is 200 g/mol. The molecule has 1 unspecified atom stereocenters. The molecule has 0 aliphatic rings. The second-order valence-electron chi connectivity index (χ2n) is 3.57. The first-order valence-electron chi connectivity index (χ1n) is 4.40. The van der Waals surface area contributed by atoms with Gasteiger partial charge in [0.05, 0.1) is 0 Å². The van der Waals surface area contributed by atoms with Gasteiger partial charge in [0, 0.05) is 6.54 Å². The van der Waals surface area contributed by atoms with E-state index >= 15 is 0 Å². The van der Waals surface area contributed by atoms with E-state index < -0.39 is 0 Å². The maximum Gasteiger partial charge on any atom is 0.00415 e. The summed E-state index contributed by atoms with van der Waals surface area (Å²) in [6, 6.07) is 10.6. The van der Waals surface area contributed by atoms with Crippen LogP contribution >= 0.6 is 12.4 Å². The van der Waals surface area contributed by atoms with Gasteiger partial charge in [0.2, 0.25) is 0 Å². The zero-order chi connectivity index (χ0) is 8.97. The molecule has 13 heavy (non-hydrogen) atoms. The number of hydrogen-bond acceptors (Lipinski definition) is 1. The standard InChI is InChI=1S/C11H17N.ClH/c1-10(9-12(2)3)11-7-5-4-6-8-11;/h4-8,10H,9H2,1-3H3;1H. The largest absolute Gasteiger partial charge is 0.309 e. The average Bonchev–Trinajstić information content (AvgIpc) is 2.05. The lowest BCUT2D eigenvalue weighted by Crippen LogP contribution is -2.18. The van der Waals surface area contributed by atoms with Crippen molar-refractivity contribution in [1.29, 1.82) is 0 Å². The molecule has 0 aliphatic heterocycles. The van der Waals surface area contributed by atoms with Crippen LogP contribution in [0.25, 0.3) is 0 Å². The van der Waals surface area contributed by atoms with E-state index in [0.717, 1.165) is 6.54 Å². The molecule has 0 fully saturated rings. The topological polar surface area (TPSA) is 3.24 Å². The molecule has 1 aromatic carbocycles. The minimum absolute atomic E-state index is 0. The molecular formula is C11H18ClN. The Kier molecular flexibility index (Phi) is 5.76. The van der Waals surface area contributed by atoms with Crippen LogP contribution in [0.4, 0.5) is 0 Å². The Labute approximate surface area is 87.2 Å². The summed E-state index contributed by atoms with van der Waals surface area (Å²) in [6.07, 6.45) is 0. The number of rotatable bonds is 3. The Morgan fingerprint density at radius 1 is 1.15 bits per heavy atom. The van der Waals surface area contributed by atoms with Crippen molar-refractivity contribution >= 4 is 12.4 Å². The van der Waals surface area contributed by atoms with Gasteiger partial charge in [-0.05, 0) is 25.6 Å². The molecule has 0 heterocycles. The summed E-state index contributed by atoms with van der Waals surface area (Å²) in [5.74, 6) is 0.626. The third-order valence-corrected chi connectivity index (χ3v) is 2.01. The van der Waals surface area contributed by atoms with Crippen LogP contribution in [0.3, 0.4) is 0 Å². The van der Waals surface area contributed by atoms with E-state index in [4.69, 9.17) is 0 Å². The first-order chi connectivity index (χ1) is 5.70. The highest BCUT2D eigenvalue weighted by Gasteiger charge is 2.04. The highest BCUT2D eigenvalue weighted by molar-refractivity contribution is 5.85. The van der Waals surface area contributed by atoms with Crippen molar-refractivity contribution in [1.82, 2.24) is 4.90 Å². The SMILES string of the molecule is CC(CN(C)C)c1ccccc1.Cl. The molecule has 0 N–H and O–H groups in total. The Morgan fingerprint density at radius 2 is 1.69 bits per heavy atom. The second-order valence-corrected chi connectivity index (χ2v) is 3.57. The van der Waals surface area contributed by atoms with Crippen molar-refractivity contribution in [2.24, 2.45) is 0 Å². The van der Waals surface area contributed by atoms with Gasteiger partial charge < -0.3 is 4.90 Å². The fraction of sp³-hybridized carbons (Fsp3) is 0.455. The summed E-state index contributed by atoms with van der Waals surface area (Å²) in [5.41, 5.74) is 1.42. The van der Waals surface area contributed by atoms with E-state index in [1.54, 1.807) is 0 Å². The molecule has 1 aromatic rings. The van der Waals surface area contributed by atoms with E-state index in [9.17, 15) is 0 Å². The van der Waals surface area contributed by atoms with Crippen LogP contribution < -0.4 is 0 Å². The number of benzene rings is 1. The molecule has 0 radical (unpaired) electrons. The monoisotopic (exact) mass is 199 g/mol. The van der Waals surface area contributed by atoms with Crippen LogP contribution in [0.5, 0.6) is 0 Å². The van der Waals surface area contributed by atoms with Gasteiger partial charge in [-0.2, -0.15) is 0 Å². The van der Waals surface area contributed by atoms with Crippen LogP contribution in [0, 0.1) is 0 Å². The fourth-order valence-corrected chi connectivity index (χ4v) is 1.43. The van der Waals surface area contributed by atoms with Crippen molar-refractivity contribution in [3.63, 3.8) is 0 Å². The molecule has 0 bridgehead atoms. The summed E-state index contributed by atoms with van der Waals surface area (Å²) in [4.78, 5) is 2.22. The Morgan fingerprint density at radius 3 is 2.15 bits per heavy atom. The molecule has 74 valence electrons. The third-order valence-electron chi connectivity index (χ3n) is 2.01. The van der Waals surface area contributed by atoms with Crippen molar-refractivity contribution in [2.45, 2.75) is 12.8 Å². The highest BCUT2D eigenvalue weighted by Crippen LogP contribution is 2.14. The van der Waals surface area contributed by atoms with E-state index in [1.807, 2.05) is 0 Å². The van der Waals surface area contributed by atoms with E-state index in [-0.39, 0.29) is 12.4 Å². The molecule has 1 rings (SSSR count). The lowest BCUT2D eigenvalue weighted by atomic mass is 10.0. The molecule has 0 saturated carbocycles. The van der Waals surface area contributed by atoms with Gasteiger partial charge in [0.25, 0.3) is 0 Å². The van der Waals surface area contributed by atoms with E-state index in [0.29, 0.717) is 5.92 Å². The first kappa shape index (κ1) is 12.5. The summed E-state index contributed by atoms with van der Waals surface area (Å²) >= 11 is 0. The lowest BCUT2D eigenvalue weighted by Gasteiger charge is -2.16. The first-order valence-corrected chi connectivity index (χ1v) is 4.40. The smallest absolute Gasteiger partial charge is 0.00415 e. The predicted molar refractivity (Wildman–Crippen MR) is 60.7 cm³/mol. The molecular weight excluding hydrogens is 182 g/mol. The zero-order valence-corrected chi connectivity index (χ0v) is 9.34. The lowest BCUT2D eigenvalue weighted by molar-refractivity contribution is 0.383. The van der Waals surface area contributed by atoms with E-state index in [2.05, 4.69) is 56.3 Å². The summed E-state index contributed by atoms with van der Waals surface area (Å²) in [7, 11) is 4.22. The molecule has 0 spiro atoms. The molecule has 2 heteroatoms. The van der Waals surface area contributed by atoms with Gasteiger partial charge in [0.15, 0.2) is 0 Å². The molecule has 0 aliphatic carbocycles. The van der Waals surface area contributed by atoms with Crippen molar-refractivity contribution in [3.05, 3.63) is 35.9 Å². The van der Waals surface area contributed by atoms with Gasteiger partial charge in [-0.15, -0.1) is 12.4 Å². The van der Waals surface area contributed by atoms with Crippen LogP contribution in [0.1, 0.15) is 18.4 Å². The Hall–Kier alpha value is -0.530. The summed E-state index contributed by atoms with van der Waals surface area (Å²) < 4.78 is 0. The van der Waals surface area contributed by atoms with Crippen LogP contribution in [0.2, 0.25) is 0 Å². The maximum atomic E-state index is 2.26. The number of hydrogen-bond donors (Lipinski definition) is 0. The van der Waals surface area contributed by atoms with Gasteiger partial charge in [-0.25, -0.2) is 0 Å². The maximum absolute atomic E-state index is 2.26. The van der Waals surface area contributed by atoms with Gasteiger partial charge in [-0.3, -0.25) is 0 Å². The fourth-order valence-electron chi connectivity index (χ4n) is 1.43. The van der Waals surface area contributed by atoms with Crippen LogP contribution in [-0.4, -0.2) is 25.5 Å². The highest BCUT2D eigenvalue weighted by atomic mass is 35.5. The van der Waals surface area contributed by atoms with Crippen molar-refractivity contribution < 1.29 is 0 Å². The molecule has 0 amide bonds. The van der Waals surface area contributed by atoms with E-state index in [1.165, 1.54) is 5.56 Å². The normalized spacial score (nSPS) is 12.3. The Balaban J connectivity index is 0.00000144. The summed E-state index contributed by atoms with van der Waals surface area (Å²) in [5, 5.41) is 0. The van der Waals surface area contributed by atoms with Crippen LogP contribution in [-0.2, 0) is 0 Å². The second kappa shape index (κ2) is 6.01. The van der Waals surface area contributed by atoms with Crippen LogP contribution in [0.15, 0.2) is 30.3 Å². The van der Waals surface area contributed by atoms with Gasteiger partial charge in [-0.1, -0.05) is 37.3 Å². The number of likely N-dealkylation sites (N-methyl/N-ethyl adjacent to an activating group) is 1. The van der Waals surface area contributed by atoms with Crippen molar-refractivity contribution in [2.75, 3.05) is 20.6 Å². The minimum atomic E-state index is 0. The molecule has 0 aromatic heterocycles. The predicted octanol–water partition coefficient (Wildman–Crippen LogP) is 2.77. The van der Waals surface area contributed by atoms with Crippen molar-refractivity contribution in [3.8, 4) is 0 Å². The third kappa shape index (κ3) is 4.30. The quantitative estimate of drug-likeness (QED) is 0.724. The molecule has 0 saturated heterocycles. The van der Waals surface area contributed by atoms with Gasteiger partial charge in [0.1, 0.15) is 0 Å². The van der Waals surface area contributed by atoms with Gasteiger partial charge >= 0.3 is 0 Å². The summed E-state index contributed by atoms with van der Waals surface area (Å²) in [6.45, 7) is 3.37. The number of halogens is 1. The molecule has 1 atom stereocenters. The minimum Gasteiger partial charge on any atom is -0.309 e. The zero-order valence-electron chi connectivity index (χ0n) is 8.53.